The van der Waals surface area contributed by atoms with Gasteiger partial charge < -0.3 is 10.2 Å². The zero-order valence-electron chi connectivity index (χ0n) is 13.2. The second-order valence-electron chi connectivity index (χ2n) is 5.80. The van der Waals surface area contributed by atoms with Crippen LogP contribution in [-0.2, 0) is 11.3 Å². The number of hydrogen-bond acceptors (Lipinski definition) is 1. The fourth-order valence-electron chi connectivity index (χ4n) is 2.44. The van der Waals surface area contributed by atoms with Crippen molar-refractivity contribution < 1.29 is 14.1 Å². The Morgan fingerprint density at radius 3 is 2.45 bits per heavy atom. The number of likely N-dealkylation sites (N-methyl/N-ethyl adjacent to an activating group) is 1. The summed E-state index contributed by atoms with van der Waals surface area (Å²) in [6.07, 6.45) is 0. The lowest BCUT2D eigenvalue weighted by Gasteiger charge is -2.15. The monoisotopic (exact) mass is 301 g/mol. The molecule has 0 aliphatic heterocycles. The van der Waals surface area contributed by atoms with E-state index in [9.17, 15) is 9.18 Å². The van der Waals surface area contributed by atoms with Gasteiger partial charge in [0.25, 0.3) is 5.91 Å². The molecule has 3 nitrogen and oxygen atoms in total. The number of hydrogen-bond donors (Lipinski definition) is 2. The molecule has 1 amide bonds. The van der Waals surface area contributed by atoms with Crippen LogP contribution in [0.3, 0.4) is 0 Å². The van der Waals surface area contributed by atoms with Gasteiger partial charge in [-0.25, -0.2) is 4.39 Å². The number of rotatable bonds is 5. The van der Waals surface area contributed by atoms with Crippen molar-refractivity contribution in [3.8, 4) is 0 Å². The van der Waals surface area contributed by atoms with Crippen LogP contribution < -0.4 is 10.2 Å². The quantitative estimate of drug-likeness (QED) is 0.871. The van der Waals surface area contributed by atoms with Gasteiger partial charge in [-0.2, -0.15) is 0 Å². The lowest BCUT2D eigenvalue weighted by Crippen LogP contribution is -3.08. The summed E-state index contributed by atoms with van der Waals surface area (Å²) in [4.78, 5) is 13.1. The van der Waals surface area contributed by atoms with Crippen LogP contribution in [0.2, 0.25) is 0 Å². The molecular formula is C18H22FN2O+. The molecule has 0 bridgehead atoms. The van der Waals surface area contributed by atoms with Crippen molar-refractivity contribution in [2.24, 2.45) is 0 Å². The average molecular weight is 301 g/mol. The molecule has 0 aliphatic rings. The first-order valence-corrected chi connectivity index (χ1v) is 7.37. The highest BCUT2D eigenvalue weighted by Crippen LogP contribution is 2.09. The van der Waals surface area contributed by atoms with Crippen molar-refractivity contribution >= 4 is 11.6 Å². The Bertz CT molecular complexity index is 653. The van der Waals surface area contributed by atoms with Crippen LogP contribution >= 0.6 is 0 Å². The van der Waals surface area contributed by atoms with Crippen LogP contribution in [-0.4, -0.2) is 19.5 Å². The summed E-state index contributed by atoms with van der Waals surface area (Å²) < 4.78 is 12.8. The van der Waals surface area contributed by atoms with Crippen molar-refractivity contribution in [2.75, 3.05) is 18.9 Å². The number of amides is 1. The summed E-state index contributed by atoms with van der Waals surface area (Å²) in [6.45, 7) is 5.32. The van der Waals surface area contributed by atoms with E-state index in [-0.39, 0.29) is 11.7 Å². The Labute approximate surface area is 130 Å². The number of carbonyl (C=O) groups excluding carboxylic acids is 1. The van der Waals surface area contributed by atoms with Gasteiger partial charge in [-0.15, -0.1) is 0 Å². The Morgan fingerprint density at radius 1 is 1.14 bits per heavy atom. The molecule has 0 spiro atoms. The molecule has 4 heteroatoms. The van der Waals surface area contributed by atoms with Crippen molar-refractivity contribution in [3.05, 3.63) is 65.0 Å². The second-order valence-corrected chi connectivity index (χ2v) is 5.80. The molecule has 0 heterocycles. The van der Waals surface area contributed by atoms with Crippen LogP contribution in [0.15, 0.2) is 42.5 Å². The van der Waals surface area contributed by atoms with Gasteiger partial charge in [0.1, 0.15) is 12.4 Å². The molecule has 2 rings (SSSR count). The molecule has 0 saturated heterocycles. The number of carbonyl (C=O) groups is 1. The van der Waals surface area contributed by atoms with Gasteiger partial charge in [0.15, 0.2) is 6.54 Å². The molecule has 0 saturated carbocycles. The molecule has 2 aromatic carbocycles. The van der Waals surface area contributed by atoms with Crippen LogP contribution in [0, 0.1) is 19.7 Å². The Morgan fingerprint density at radius 2 is 1.82 bits per heavy atom. The van der Waals surface area contributed by atoms with Gasteiger partial charge in [0.2, 0.25) is 0 Å². The zero-order valence-corrected chi connectivity index (χ0v) is 13.2. The molecule has 0 fully saturated rings. The molecule has 116 valence electrons. The fraction of sp³-hybridized carbons (Fsp3) is 0.278. The highest BCUT2D eigenvalue weighted by atomic mass is 19.1. The average Bonchev–Trinajstić information content (AvgIpc) is 2.44. The van der Waals surface area contributed by atoms with Gasteiger partial charge in [-0.1, -0.05) is 23.8 Å². The summed E-state index contributed by atoms with van der Waals surface area (Å²) in [6, 6.07) is 12.2. The summed E-state index contributed by atoms with van der Waals surface area (Å²) >= 11 is 0. The van der Waals surface area contributed by atoms with E-state index in [2.05, 4.69) is 37.4 Å². The van der Waals surface area contributed by atoms with E-state index in [0.717, 1.165) is 11.4 Å². The fourth-order valence-corrected chi connectivity index (χ4v) is 2.44. The van der Waals surface area contributed by atoms with E-state index in [1.165, 1.54) is 28.8 Å². The maximum absolute atomic E-state index is 12.8. The first kappa shape index (κ1) is 16.2. The van der Waals surface area contributed by atoms with Gasteiger partial charge in [0, 0.05) is 11.3 Å². The van der Waals surface area contributed by atoms with E-state index in [1.807, 2.05) is 7.05 Å². The predicted octanol–water partition coefficient (Wildman–Crippen LogP) is 2.10. The molecule has 1 atom stereocenters. The third-order valence-electron chi connectivity index (χ3n) is 3.58. The first-order chi connectivity index (χ1) is 10.4. The minimum absolute atomic E-state index is 0.0751. The van der Waals surface area contributed by atoms with Crippen LogP contribution in [0.25, 0.3) is 0 Å². The third kappa shape index (κ3) is 4.67. The normalized spacial score (nSPS) is 12.0. The van der Waals surface area contributed by atoms with Crippen molar-refractivity contribution in [1.82, 2.24) is 0 Å². The third-order valence-corrected chi connectivity index (χ3v) is 3.58. The number of quaternary nitrogens is 1. The molecular weight excluding hydrogens is 279 g/mol. The Hall–Kier alpha value is -2.20. The molecule has 0 radical (unpaired) electrons. The Kier molecular flexibility index (Phi) is 5.28. The predicted molar refractivity (Wildman–Crippen MR) is 86.4 cm³/mol. The lowest BCUT2D eigenvalue weighted by atomic mass is 10.1. The lowest BCUT2D eigenvalue weighted by molar-refractivity contribution is -0.885. The number of aryl methyl sites for hydroxylation is 2. The van der Waals surface area contributed by atoms with Crippen molar-refractivity contribution in [3.63, 3.8) is 0 Å². The highest BCUT2D eigenvalue weighted by molar-refractivity contribution is 5.91. The highest BCUT2D eigenvalue weighted by Gasteiger charge is 2.12. The van der Waals surface area contributed by atoms with Crippen LogP contribution in [0.5, 0.6) is 0 Å². The largest absolute Gasteiger partial charge is 0.326 e. The first-order valence-electron chi connectivity index (χ1n) is 7.37. The van der Waals surface area contributed by atoms with E-state index < -0.39 is 0 Å². The number of anilines is 1. The summed E-state index contributed by atoms with van der Waals surface area (Å²) in [7, 11) is 1.99. The maximum Gasteiger partial charge on any atom is 0.279 e. The second kappa shape index (κ2) is 7.18. The van der Waals surface area contributed by atoms with E-state index >= 15 is 0 Å². The molecule has 1 unspecified atom stereocenters. The van der Waals surface area contributed by atoms with Crippen molar-refractivity contribution in [2.45, 2.75) is 20.4 Å². The zero-order chi connectivity index (χ0) is 16.1. The summed E-state index contributed by atoms with van der Waals surface area (Å²) in [5, 5.41) is 2.78. The molecule has 2 aromatic rings. The van der Waals surface area contributed by atoms with Crippen LogP contribution in [0.1, 0.15) is 16.7 Å². The Balaban J connectivity index is 1.89. The SMILES string of the molecule is Cc1ccc(C[NH+](C)CC(=O)Nc2ccc(F)cc2)c(C)c1. The number of nitrogens with one attached hydrogen (secondary N) is 2. The minimum Gasteiger partial charge on any atom is -0.326 e. The van der Waals surface area contributed by atoms with Gasteiger partial charge in [-0.3, -0.25) is 4.79 Å². The summed E-state index contributed by atoms with van der Waals surface area (Å²) in [5.41, 5.74) is 4.36. The standard InChI is InChI=1S/C18H21FN2O/c1-13-4-5-15(14(2)10-13)11-21(3)12-18(22)20-17-8-6-16(19)7-9-17/h4-10H,11-12H2,1-3H3,(H,20,22)/p+1. The topological polar surface area (TPSA) is 33.5 Å². The molecule has 0 aliphatic carbocycles. The number of halogens is 1. The van der Waals surface area contributed by atoms with E-state index in [1.54, 1.807) is 12.1 Å². The molecule has 0 aromatic heterocycles. The van der Waals surface area contributed by atoms with Gasteiger partial charge in [0.05, 0.1) is 7.05 Å². The van der Waals surface area contributed by atoms with Crippen molar-refractivity contribution in [1.29, 1.82) is 0 Å². The van der Waals surface area contributed by atoms with Gasteiger partial charge in [-0.05, 0) is 43.7 Å². The smallest absolute Gasteiger partial charge is 0.279 e. The minimum atomic E-state index is -0.310. The molecule has 22 heavy (non-hydrogen) atoms. The van der Waals surface area contributed by atoms with Crippen LogP contribution in [0.4, 0.5) is 10.1 Å². The number of benzene rings is 2. The summed E-state index contributed by atoms with van der Waals surface area (Å²) in [5.74, 6) is -0.385. The van der Waals surface area contributed by atoms with E-state index in [4.69, 9.17) is 0 Å². The van der Waals surface area contributed by atoms with E-state index in [0.29, 0.717) is 12.2 Å². The maximum atomic E-state index is 12.8. The van der Waals surface area contributed by atoms with Gasteiger partial charge >= 0.3 is 0 Å². The molecule has 2 N–H and O–H groups in total.